The highest BCUT2D eigenvalue weighted by atomic mass is 35.5. The summed E-state index contributed by atoms with van der Waals surface area (Å²) in [5.74, 6) is 1.58. The third kappa shape index (κ3) is 3.89. The zero-order valence-electron chi connectivity index (χ0n) is 15.0. The van der Waals surface area contributed by atoms with Gasteiger partial charge in [0.05, 0.1) is 0 Å². The fourth-order valence-electron chi connectivity index (χ4n) is 2.55. The molecule has 0 aliphatic rings. The van der Waals surface area contributed by atoms with Crippen molar-refractivity contribution in [3.8, 4) is 0 Å². The lowest BCUT2D eigenvalue weighted by molar-refractivity contribution is 0.867. The van der Waals surface area contributed by atoms with E-state index >= 15 is 0 Å². The first-order chi connectivity index (χ1) is 12.5. The fraction of sp³-hybridized carbons (Fsp3) is 0.200. The highest BCUT2D eigenvalue weighted by molar-refractivity contribution is 6.31. The van der Waals surface area contributed by atoms with Gasteiger partial charge in [0.1, 0.15) is 12.0 Å². The lowest BCUT2D eigenvalue weighted by atomic mass is 10.0. The highest BCUT2D eigenvalue weighted by Crippen LogP contribution is 2.31. The predicted octanol–water partition coefficient (Wildman–Crippen LogP) is 5.63. The molecule has 4 N–H and O–H groups in total. The van der Waals surface area contributed by atoms with Crippen LogP contribution in [-0.2, 0) is 0 Å². The van der Waals surface area contributed by atoms with Gasteiger partial charge in [-0.2, -0.15) is 0 Å². The molecule has 0 saturated carbocycles. The minimum absolute atomic E-state index is 0.444. The zero-order chi connectivity index (χ0) is 18.7. The van der Waals surface area contributed by atoms with Crippen LogP contribution < -0.4 is 16.4 Å². The van der Waals surface area contributed by atoms with E-state index in [0.29, 0.717) is 28.3 Å². The lowest BCUT2D eigenvalue weighted by Crippen LogP contribution is -2.06. The highest BCUT2D eigenvalue weighted by Gasteiger charge is 2.11. The first kappa shape index (κ1) is 18.0. The quantitative estimate of drug-likeness (QED) is 0.544. The zero-order valence-corrected chi connectivity index (χ0v) is 15.8. The van der Waals surface area contributed by atoms with Crippen molar-refractivity contribution < 1.29 is 0 Å². The molecule has 6 heteroatoms. The maximum absolute atomic E-state index is 6.26. The first-order valence-electron chi connectivity index (χ1n) is 8.45. The van der Waals surface area contributed by atoms with Crippen LogP contribution in [-0.4, -0.2) is 9.97 Å². The van der Waals surface area contributed by atoms with Crippen LogP contribution in [0, 0.1) is 6.92 Å². The van der Waals surface area contributed by atoms with E-state index in [2.05, 4.69) is 46.6 Å². The summed E-state index contributed by atoms with van der Waals surface area (Å²) in [6.45, 7) is 6.28. The van der Waals surface area contributed by atoms with Gasteiger partial charge in [-0.3, -0.25) is 0 Å². The minimum Gasteiger partial charge on any atom is -0.393 e. The maximum atomic E-state index is 6.26. The Hall–Kier alpha value is -2.79. The number of nitrogen functional groups attached to an aromatic ring is 1. The molecular formula is C20H22ClN5. The molecule has 0 saturated heterocycles. The number of benzene rings is 2. The summed E-state index contributed by atoms with van der Waals surface area (Å²) < 4.78 is 0. The average Bonchev–Trinajstić information content (AvgIpc) is 2.62. The average molecular weight is 368 g/mol. The number of hydrogen-bond donors (Lipinski definition) is 3. The lowest BCUT2D eigenvalue weighted by Gasteiger charge is -2.14. The summed E-state index contributed by atoms with van der Waals surface area (Å²) in [7, 11) is 0. The van der Waals surface area contributed by atoms with Crippen LogP contribution in [0.3, 0.4) is 0 Å². The summed E-state index contributed by atoms with van der Waals surface area (Å²) >= 11 is 6.18. The Morgan fingerprint density at radius 3 is 2.27 bits per heavy atom. The number of aromatic nitrogens is 2. The fourth-order valence-corrected chi connectivity index (χ4v) is 2.73. The number of nitrogens with zero attached hydrogens (tertiary/aromatic N) is 2. The van der Waals surface area contributed by atoms with E-state index in [4.69, 9.17) is 17.3 Å². The van der Waals surface area contributed by atoms with Crippen LogP contribution in [0.4, 0.5) is 28.7 Å². The topological polar surface area (TPSA) is 75.9 Å². The Morgan fingerprint density at radius 1 is 0.962 bits per heavy atom. The van der Waals surface area contributed by atoms with Gasteiger partial charge in [-0.1, -0.05) is 43.6 Å². The molecule has 134 valence electrons. The Morgan fingerprint density at radius 2 is 1.62 bits per heavy atom. The molecule has 0 spiro atoms. The molecule has 2 aromatic carbocycles. The molecule has 3 aromatic rings. The summed E-state index contributed by atoms with van der Waals surface area (Å²) in [5.41, 5.74) is 10.7. The van der Waals surface area contributed by atoms with E-state index in [9.17, 15) is 0 Å². The molecule has 3 rings (SSSR count). The van der Waals surface area contributed by atoms with E-state index in [-0.39, 0.29) is 0 Å². The molecule has 0 bridgehead atoms. The third-order valence-corrected chi connectivity index (χ3v) is 4.65. The molecule has 0 aliphatic heterocycles. The summed E-state index contributed by atoms with van der Waals surface area (Å²) in [4.78, 5) is 8.51. The van der Waals surface area contributed by atoms with Crippen LogP contribution in [0.2, 0.25) is 5.02 Å². The van der Waals surface area contributed by atoms with Crippen molar-refractivity contribution in [2.75, 3.05) is 16.4 Å². The van der Waals surface area contributed by atoms with Gasteiger partial charge in [-0.25, -0.2) is 9.97 Å². The van der Waals surface area contributed by atoms with Gasteiger partial charge >= 0.3 is 0 Å². The van der Waals surface area contributed by atoms with Gasteiger partial charge in [-0.15, -0.1) is 0 Å². The van der Waals surface area contributed by atoms with E-state index in [0.717, 1.165) is 16.9 Å². The third-order valence-electron chi connectivity index (χ3n) is 4.24. The molecule has 1 heterocycles. The van der Waals surface area contributed by atoms with Crippen molar-refractivity contribution in [3.05, 3.63) is 64.9 Å². The molecule has 0 unspecified atom stereocenters. The minimum atomic E-state index is 0.444. The number of hydrogen-bond acceptors (Lipinski definition) is 5. The van der Waals surface area contributed by atoms with Crippen LogP contribution >= 0.6 is 11.6 Å². The molecule has 1 aromatic heterocycles. The van der Waals surface area contributed by atoms with Crippen molar-refractivity contribution in [3.63, 3.8) is 0 Å². The molecule has 0 amide bonds. The summed E-state index contributed by atoms with van der Waals surface area (Å²) in [5, 5.41) is 7.17. The van der Waals surface area contributed by atoms with Gasteiger partial charge < -0.3 is 16.4 Å². The smallest absolute Gasteiger partial charge is 0.159 e. The van der Waals surface area contributed by atoms with Crippen LogP contribution in [0.15, 0.2) is 48.8 Å². The van der Waals surface area contributed by atoms with Gasteiger partial charge in [0.15, 0.2) is 11.6 Å². The second-order valence-electron chi connectivity index (χ2n) is 6.42. The molecule has 5 nitrogen and oxygen atoms in total. The standard InChI is InChI=1S/C20H22ClN5/c1-12(2)14-7-9-15(10-8-14)25-19-18(22)20(24-11-23-19)26-17-6-4-5-16(21)13(17)3/h4-12H,22H2,1-3H3,(H2,23,24,25,26). The van der Waals surface area contributed by atoms with Gasteiger partial charge in [0.25, 0.3) is 0 Å². The largest absolute Gasteiger partial charge is 0.393 e. The maximum Gasteiger partial charge on any atom is 0.159 e. The molecule has 0 fully saturated rings. The number of nitrogens with two attached hydrogens (primary N) is 1. The number of anilines is 5. The summed E-state index contributed by atoms with van der Waals surface area (Å²) in [6, 6.07) is 13.9. The van der Waals surface area contributed by atoms with Crippen LogP contribution in [0.5, 0.6) is 0 Å². The Balaban J connectivity index is 1.84. The van der Waals surface area contributed by atoms with Crippen LogP contribution in [0.1, 0.15) is 30.9 Å². The molecule has 0 atom stereocenters. The van der Waals surface area contributed by atoms with E-state index in [1.807, 2.05) is 37.3 Å². The number of nitrogens with one attached hydrogen (secondary N) is 2. The second kappa shape index (κ2) is 7.62. The summed E-state index contributed by atoms with van der Waals surface area (Å²) in [6.07, 6.45) is 1.48. The SMILES string of the molecule is Cc1c(Cl)cccc1Nc1ncnc(Nc2ccc(C(C)C)cc2)c1N. The van der Waals surface area contributed by atoms with E-state index in [1.54, 1.807) is 0 Å². The van der Waals surface area contributed by atoms with Crippen molar-refractivity contribution in [1.82, 2.24) is 9.97 Å². The Labute approximate surface area is 158 Å². The van der Waals surface area contributed by atoms with Crippen molar-refractivity contribution in [2.24, 2.45) is 0 Å². The van der Waals surface area contributed by atoms with Gasteiger partial charge in [0.2, 0.25) is 0 Å². The van der Waals surface area contributed by atoms with Crippen molar-refractivity contribution >= 4 is 40.3 Å². The molecule has 0 radical (unpaired) electrons. The number of halogens is 1. The molecular weight excluding hydrogens is 346 g/mol. The monoisotopic (exact) mass is 367 g/mol. The van der Waals surface area contributed by atoms with E-state index in [1.165, 1.54) is 11.9 Å². The first-order valence-corrected chi connectivity index (χ1v) is 8.83. The van der Waals surface area contributed by atoms with Crippen molar-refractivity contribution in [1.29, 1.82) is 0 Å². The normalized spacial score (nSPS) is 10.8. The van der Waals surface area contributed by atoms with Gasteiger partial charge in [0, 0.05) is 16.4 Å². The predicted molar refractivity (Wildman–Crippen MR) is 110 cm³/mol. The van der Waals surface area contributed by atoms with Gasteiger partial charge in [-0.05, 0) is 48.2 Å². The number of rotatable bonds is 5. The van der Waals surface area contributed by atoms with Crippen LogP contribution in [0.25, 0.3) is 0 Å². The molecule has 26 heavy (non-hydrogen) atoms. The molecule has 0 aliphatic carbocycles. The Bertz CT molecular complexity index is 907. The second-order valence-corrected chi connectivity index (χ2v) is 6.83. The Kier molecular flexibility index (Phi) is 5.28. The van der Waals surface area contributed by atoms with Crippen molar-refractivity contribution in [2.45, 2.75) is 26.7 Å². The van der Waals surface area contributed by atoms with E-state index < -0.39 is 0 Å².